The Balaban J connectivity index is 1.23. The van der Waals surface area contributed by atoms with Crippen LogP contribution in [0.2, 0.25) is 0 Å². The van der Waals surface area contributed by atoms with Crippen LogP contribution in [0.25, 0.3) is 0 Å². The molecule has 43 heavy (non-hydrogen) atoms. The molecule has 4 aliphatic rings. The van der Waals surface area contributed by atoms with E-state index in [1.54, 1.807) is 17.0 Å². The average Bonchev–Trinajstić information content (AvgIpc) is 3.43. The van der Waals surface area contributed by atoms with Crippen molar-refractivity contribution in [2.24, 2.45) is 0 Å². The number of morpholine rings is 1. The smallest absolute Gasteiger partial charge is 0.317 e. The Bertz CT molecular complexity index is 1430. The van der Waals surface area contributed by atoms with Gasteiger partial charge in [0.1, 0.15) is 16.7 Å². The number of aliphatic hydroxyl groups is 1. The number of hydrogen-bond acceptors (Lipinski definition) is 8. The number of carbonyl (C=O) groups excluding carboxylic acids is 2. The molecule has 3 saturated heterocycles. The van der Waals surface area contributed by atoms with E-state index in [1.165, 1.54) is 6.07 Å². The van der Waals surface area contributed by atoms with E-state index in [0.29, 0.717) is 65.2 Å². The van der Waals surface area contributed by atoms with Crippen molar-refractivity contribution in [3.8, 4) is 5.75 Å². The number of hydrogen-bond donors (Lipinski definition) is 3. The summed E-state index contributed by atoms with van der Waals surface area (Å²) in [5.74, 6) is -0.207. The van der Waals surface area contributed by atoms with E-state index < -0.39 is 33.6 Å². The van der Waals surface area contributed by atoms with Crippen molar-refractivity contribution in [2.45, 2.75) is 54.8 Å². The van der Waals surface area contributed by atoms with E-state index in [9.17, 15) is 23.1 Å². The number of likely N-dealkylation sites (tertiary alicyclic amines) is 1. The van der Waals surface area contributed by atoms with Gasteiger partial charge >= 0.3 is 6.03 Å². The van der Waals surface area contributed by atoms with Crippen LogP contribution < -0.4 is 20.3 Å². The van der Waals surface area contributed by atoms with Crippen molar-refractivity contribution in [3.63, 3.8) is 0 Å². The van der Waals surface area contributed by atoms with Crippen molar-refractivity contribution in [3.05, 3.63) is 54.1 Å². The number of carbonyl (C=O) groups is 2. The summed E-state index contributed by atoms with van der Waals surface area (Å²) in [6.07, 6.45) is 0.468. The van der Waals surface area contributed by atoms with Crippen molar-refractivity contribution >= 4 is 27.6 Å². The number of ether oxygens (including phenoxy) is 2. The van der Waals surface area contributed by atoms with E-state index in [4.69, 9.17) is 9.47 Å². The summed E-state index contributed by atoms with van der Waals surface area (Å²) in [6.45, 7) is 3.82. The molecule has 2 aromatic carbocycles. The first kappa shape index (κ1) is 29.7. The van der Waals surface area contributed by atoms with E-state index in [2.05, 4.69) is 15.5 Å². The molecule has 0 radical (unpaired) electrons. The van der Waals surface area contributed by atoms with Gasteiger partial charge in [-0.15, -0.1) is 0 Å². The van der Waals surface area contributed by atoms with Gasteiger partial charge in [-0.25, -0.2) is 13.2 Å². The number of rotatable bonds is 3. The van der Waals surface area contributed by atoms with Gasteiger partial charge in [0, 0.05) is 69.4 Å². The molecule has 0 unspecified atom stereocenters. The molecule has 0 aliphatic carbocycles. The fourth-order valence-corrected chi connectivity index (χ4v) is 8.17. The SMILES string of the molecule is O=C1NC2(CCOc3cc(N4CCOCC4)ccc3S(=O)(=O)N3C[C@H](O)C[C@@H]13)CCN(C(=O)NCc1ccccc1)CC2. The summed E-state index contributed by atoms with van der Waals surface area (Å²) < 4.78 is 40.7. The third-order valence-corrected chi connectivity index (χ3v) is 10.9. The number of nitrogens with zero attached hydrogens (tertiary/aromatic N) is 3. The lowest BCUT2D eigenvalue weighted by molar-refractivity contribution is -0.127. The Labute approximate surface area is 252 Å². The lowest BCUT2D eigenvalue weighted by Crippen LogP contribution is -2.60. The third-order valence-electron chi connectivity index (χ3n) is 8.95. The zero-order valence-electron chi connectivity index (χ0n) is 24.1. The van der Waals surface area contributed by atoms with Gasteiger partial charge in [-0.05, 0) is 30.5 Å². The molecule has 1 spiro atoms. The minimum Gasteiger partial charge on any atom is -0.492 e. The molecule has 3 N–H and O–H groups in total. The lowest BCUT2D eigenvalue weighted by atomic mass is 9.84. The summed E-state index contributed by atoms with van der Waals surface area (Å²) in [5.41, 5.74) is 1.15. The van der Waals surface area contributed by atoms with Crippen molar-refractivity contribution in [1.29, 1.82) is 0 Å². The average molecular weight is 614 g/mol. The molecule has 0 aromatic heterocycles. The number of nitrogens with one attached hydrogen (secondary N) is 2. The van der Waals surface area contributed by atoms with Crippen LogP contribution in [-0.2, 0) is 26.1 Å². The van der Waals surface area contributed by atoms with Gasteiger partial charge in [0.2, 0.25) is 15.9 Å². The standard InChI is InChI=1S/C30H39N5O7S/c36-24-19-25-28(37)32-30(8-11-34(12-9-30)29(38)31-20-22-4-2-1-3-5-22)10-15-42-26-18-23(33-13-16-41-17-14-33)6-7-27(26)43(39,40)35(25)21-24/h1-7,18,24-25,36H,8-17,19-21H2,(H,31,38)(H,32,37)/t24-,25+/m1/s1. The molecule has 0 saturated carbocycles. The van der Waals surface area contributed by atoms with Crippen LogP contribution >= 0.6 is 0 Å². The number of piperidine rings is 1. The van der Waals surface area contributed by atoms with E-state index in [-0.39, 0.29) is 36.2 Å². The molecule has 232 valence electrons. The number of amides is 3. The molecule has 4 aliphatic heterocycles. The summed E-state index contributed by atoms with van der Waals surface area (Å²) >= 11 is 0. The molecule has 4 heterocycles. The minimum absolute atomic E-state index is 0.0111. The van der Waals surface area contributed by atoms with Crippen LogP contribution in [0.1, 0.15) is 31.2 Å². The fraction of sp³-hybridized carbons (Fsp3) is 0.533. The van der Waals surface area contributed by atoms with Crippen LogP contribution in [0.15, 0.2) is 53.4 Å². The van der Waals surface area contributed by atoms with Crippen molar-refractivity contribution in [1.82, 2.24) is 19.8 Å². The molecule has 0 bridgehead atoms. The van der Waals surface area contributed by atoms with Crippen LogP contribution in [0.4, 0.5) is 10.5 Å². The maximum atomic E-state index is 13.9. The monoisotopic (exact) mass is 613 g/mol. The number of sulfonamides is 1. The molecule has 12 nitrogen and oxygen atoms in total. The number of benzene rings is 2. The Kier molecular flexibility index (Phi) is 8.49. The molecule has 2 atom stereocenters. The van der Waals surface area contributed by atoms with Crippen LogP contribution in [0, 0.1) is 0 Å². The van der Waals surface area contributed by atoms with Gasteiger partial charge in [-0.3, -0.25) is 4.79 Å². The molecule has 3 amide bonds. The fourth-order valence-electron chi connectivity index (χ4n) is 6.42. The molecule has 2 aromatic rings. The highest BCUT2D eigenvalue weighted by Gasteiger charge is 2.47. The predicted molar refractivity (Wildman–Crippen MR) is 158 cm³/mol. The zero-order chi connectivity index (χ0) is 30.0. The Morgan fingerprint density at radius 3 is 2.51 bits per heavy atom. The lowest BCUT2D eigenvalue weighted by Gasteiger charge is -2.43. The molecule has 13 heteroatoms. The first-order valence-corrected chi connectivity index (χ1v) is 16.4. The number of aliphatic hydroxyl groups excluding tert-OH is 1. The maximum Gasteiger partial charge on any atom is 0.317 e. The van der Waals surface area contributed by atoms with Gasteiger partial charge in [-0.2, -0.15) is 4.31 Å². The zero-order valence-corrected chi connectivity index (χ0v) is 24.9. The minimum atomic E-state index is -4.16. The second-order valence-electron chi connectivity index (χ2n) is 11.7. The first-order valence-electron chi connectivity index (χ1n) is 14.9. The van der Waals surface area contributed by atoms with Gasteiger partial charge in [0.25, 0.3) is 0 Å². The number of anilines is 1. The molecule has 3 fully saturated rings. The maximum absolute atomic E-state index is 13.9. The van der Waals surface area contributed by atoms with Gasteiger partial charge < -0.3 is 35.0 Å². The van der Waals surface area contributed by atoms with E-state index in [0.717, 1.165) is 15.6 Å². The predicted octanol–water partition coefficient (Wildman–Crippen LogP) is 1.29. The van der Waals surface area contributed by atoms with Crippen molar-refractivity contribution in [2.75, 3.05) is 57.4 Å². The Morgan fingerprint density at radius 2 is 1.77 bits per heavy atom. The second kappa shape index (κ2) is 12.3. The van der Waals surface area contributed by atoms with Crippen LogP contribution in [0.3, 0.4) is 0 Å². The summed E-state index contributed by atoms with van der Waals surface area (Å²) in [7, 11) is -4.16. The second-order valence-corrected chi connectivity index (χ2v) is 13.6. The molecular formula is C30H39N5O7S. The Morgan fingerprint density at radius 1 is 1.02 bits per heavy atom. The van der Waals surface area contributed by atoms with Crippen LogP contribution in [-0.4, -0.2) is 105 Å². The van der Waals surface area contributed by atoms with E-state index in [1.807, 2.05) is 30.3 Å². The highest BCUT2D eigenvalue weighted by Crippen LogP contribution is 2.37. The number of urea groups is 1. The van der Waals surface area contributed by atoms with Gasteiger partial charge in [0.15, 0.2) is 0 Å². The van der Waals surface area contributed by atoms with Crippen LogP contribution in [0.5, 0.6) is 5.75 Å². The Hall–Kier alpha value is -3.39. The summed E-state index contributed by atoms with van der Waals surface area (Å²) in [6, 6.07) is 13.5. The summed E-state index contributed by atoms with van der Waals surface area (Å²) in [5, 5.41) is 16.6. The van der Waals surface area contributed by atoms with Crippen molar-refractivity contribution < 1.29 is 32.6 Å². The van der Waals surface area contributed by atoms with Gasteiger partial charge in [-0.1, -0.05) is 30.3 Å². The quantitative estimate of drug-likeness (QED) is 0.471. The highest BCUT2D eigenvalue weighted by molar-refractivity contribution is 7.89. The number of fused-ring (bicyclic) bond motifs is 2. The topological polar surface area (TPSA) is 141 Å². The van der Waals surface area contributed by atoms with Gasteiger partial charge in [0.05, 0.1) is 25.9 Å². The normalized spacial score (nSPS) is 25.6. The molecule has 6 rings (SSSR count). The van der Waals surface area contributed by atoms with E-state index >= 15 is 0 Å². The summed E-state index contributed by atoms with van der Waals surface area (Å²) in [4.78, 5) is 30.5. The molecular weight excluding hydrogens is 574 g/mol. The first-order chi connectivity index (χ1) is 20.7. The highest BCUT2D eigenvalue weighted by atomic mass is 32.2. The largest absolute Gasteiger partial charge is 0.492 e. The third kappa shape index (κ3) is 6.30.